The summed E-state index contributed by atoms with van der Waals surface area (Å²) in [5.74, 6) is 0. The summed E-state index contributed by atoms with van der Waals surface area (Å²) in [6.45, 7) is 14.6. The first-order chi connectivity index (χ1) is 8.44. The normalized spacial score (nSPS) is 15.6. The highest BCUT2D eigenvalue weighted by atomic mass is 28.4. The van der Waals surface area contributed by atoms with E-state index in [1.54, 1.807) is 19.2 Å². The summed E-state index contributed by atoms with van der Waals surface area (Å²) >= 11 is 0. The molecule has 0 bridgehead atoms. The molecule has 110 valence electrons. The first-order valence-electron chi connectivity index (χ1n) is 7.01. The van der Waals surface area contributed by atoms with Gasteiger partial charge in [0.15, 0.2) is 8.24 Å². The van der Waals surface area contributed by atoms with Gasteiger partial charge in [0.1, 0.15) is 0 Å². The lowest BCUT2D eigenvalue weighted by Gasteiger charge is -2.38. The van der Waals surface area contributed by atoms with Crippen LogP contribution in [0.3, 0.4) is 0 Å². The van der Waals surface area contributed by atoms with Crippen molar-refractivity contribution in [3.8, 4) is 0 Å². The Balaban J connectivity index is 3.14. The number of nitrogens with zero attached hydrogens (tertiary/aromatic N) is 1. The largest absolute Gasteiger partial charge is 0.459 e. The lowest BCUT2D eigenvalue weighted by molar-refractivity contribution is 0.573. The van der Waals surface area contributed by atoms with Gasteiger partial charge in [0.05, 0.1) is 0 Å². The van der Waals surface area contributed by atoms with Crippen LogP contribution in [0.15, 0.2) is 18.5 Å². The summed E-state index contributed by atoms with van der Waals surface area (Å²) in [4.78, 5) is 0. The molecular formula is C14H27F2NSi2. The molecule has 19 heavy (non-hydrogen) atoms. The molecule has 1 rings (SSSR count). The second-order valence-corrected chi connectivity index (χ2v) is 15.0. The quantitative estimate of drug-likeness (QED) is 0.560. The summed E-state index contributed by atoms with van der Waals surface area (Å²) < 4.78 is 30.9. The Kier molecular flexibility index (Phi) is 4.52. The maximum absolute atomic E-state index is 14.4. The molecule has 0 saturated heterocycles. The van der Waals surface area contributed by atoms with Gasteiger partial charge >= 0.3 is 8.74 Å². The van der Waals surface area contributed by atoms with Gasteiger partial charge in [-0.05, 0) is 23.5 Å². The van der Waals surface area contributed by atoms with E-state index < -0.39 is 22.5 Å². The number of hydrogen-bond acceptors (Lipinski definition) is 0. The van der Waals surface area contributed by atoms with Crippen LogP contribution >= 0.6 is 0 Å². The van der Waals surface area contributed by atoms with Crippen molar-refractivity contribution in [1.82, 2.24) is 4.23 Å². The van der Waals surface area contributed by atoms with Crippen LogP contribution in [-0.2, 0) is 0 Å². The first kappa shape index (κ1) is 16.6. The fourth-order valence-electron chi connectivity index (χ4n) is 1.87. The van der Waals surface area contributed by atoms with E-state index in [2.05, 4.69) is 38.1 Å². The fraction of sp³-hybridized carbons (Fsp3) is 0.714. The van der Waals surface area contributed by atoms with Crippen LogP contribution in [-0.4, -0.2) is 21.2 Å². The van der Waals surface area contributed by atoms with Crippen molar-refractivity contribution in [3.63, 3.8) is 0 Å². The topological polar surface area (TPSA) is 4.93 Å². The van der Waals surface area contributed by atoms with Crippen molar-refractivity contribution in [3.05, 3.63) is 18.5 Å². The van der Waals surface area contributed by atoms with Gasteiger partial charge in [0.2, 0.25) is 0 Å². The molecule has 0 radical (unpaired) electrons. The smallest absolute Gasteiger partial charge is 0.380 e. The van der Waals surface area contributed by atoms with Gasteiger partial charge in [-0.25, -0.2) is 0 Å². The standard InChI is InChI=1S/C14H27F2NSi2/c1-8-12(2)19(15,16)13-9-10-17(11-13)18(6,7)14(3,4)5/h9-12H,8H2,1-7H3. The van der Waals surface area contributed by atoms with Crippen molar-refractivity contribution in [2.45, 2.75) is 64.7 Å². The van der Waals surface area contributed by atoms with Crippen molar-refractivity contribution in [2.75, 3.05) is 0 Å². The second-order valence-electron chi connectivity index (χ2n) is 7.05. The summed E-state index contributed by atoms with van der Waals surface area (Å²) in [5, 5.41) is 0.447. The van der Waals surface area contributed by atoms with Gasteiger partial charge in [0, 0.05) is 10.7 Å². The molecule has 0 aliphatic carbocycles. The van der Waals surface area contributed by atoms with E-state index >= 15 is 0 Å². The molecular weight excluding hydrogens is 276 g/mol. The van der Waals surface area contributed by atoms with Crippen molar-refractivity contribution in [2.24, 2.45) is 0 Å². The van der Waals surface area contributed by atoms with E-state index in [4.69, 9.17) is 0 Å². The fourth-order valence-corrected chi connectivity index (χ4v) is 5.37. The van der Waals surface area contributed by atoms with Gasteiger partial charge in [0.25, 0.3) is 0 Å². The zero-order valence-corrected chi connectivity index (χ0v) is 15.2. The second kappa shape index (κ2) is 5.16. The molecule has 1 heterocycles. The zero-order valence-electron chi connectivity index (χ0n) is 13.2. The predicted octanol–water partition coefficient (Wildman–Crippen LogP) is 4.73. The van der Waals surface area contributed by atoms with E-state index in [-0.39, 0.29) is 5.04 Å². The molecule has 0 N–H and O–H groups in total. The third-order valence-corrected chi connectivity index (χ3v) is 12.7. The minimum Gasteiger partial charge on any atom is -0.380 e. The maximum Gasteiger partial charge on any atom is 0.459 e. The molecule has 1 unspecified atom stereocenters. The van der Waals surface area contributed by atoms with Crippen LogP contribution in [0.5, 0.6) is 0 Å². The van der Waals surface area contributed by atoms with Crippen molar-refractivity contribution >= 4 is 22.2 Å². The molecule has 1 nitrogen and oxygen atoms in total. The van der Waals surface area contributed by atoms with Crippen LogP contribution in [0.2, 0.25) is 23.7 Å². The molecule has 1 aromatic heterocycles. The van der Waals surface area contributed by atoms with Crippen LogP contribution < -0.4 is 5.19 Å². The minimum absolute atomic E-state index is 0.149. The number of hydrogen-bond donors (Lipinski definition) is 0. The third-order valence-electron chi connectivity index (χ3n) is 4.79. The Hall–Kier alpha value is -0.426. The Bertz CT molecular complexity index is 433. The average molecular weight is 304 g/mol. The Morgan fingerprint density at radius 1 is 1.26 bits per heavy atom. The molecule has 5 heteroatoms. The highest BCUT2D eigenvalue weighted by Gasteiger charge is 2.45. The molecule has 0 aliphatic heterocycles. The van der Waals surface area contributed by atoms with E-state index in [1.165, 1.54) is 0 Å². The van der Waals surface area contributed by atoms with Gasteiger partial charge in [-0.1, -0.05) is 54.1 Å². The van der Waals surface area contributed by atoms with Crippen LogP contribution in [0.4, 0.5) is 8.22 Å². The Morgan fingerprint density at radius 3 is 2.21 bits per heavy atom. The molecule has 0 spiro atoms. The van der Waals surface area contributed by atoms with Crippen molar-refractivity contribution < 1.29 is 8.22 Å². The summed E-state index contributed by atoms with van der Waals surface area (Å²) in [6, 6.07) is 1.65. The summed E-state index contributed by atoms with van der Waals surface area (Å²) in [7, 11) is -6.08. The monoisotopic (exact) mass is 303 g/mol. The first-order valence-corrected chi connectivity index (χ1v) is 11.8. The molecule has 0 fully saturated rings. The van der Waals surface area contributed by atoms with Gasteiger partial charge in [-0.3, -0.25) is 8.22 Å². The molecule has 0 aromatic carbocycles. The number of rotatable bonds is 4. The molecule has 1 atom stereocenters. The number of aromatic nitrogens is 1. The van der Waals surface area contributed by atoms with E-state index in [0.717, 1.165) is 0 Å². The third kappa shape index (κ3) is 3.02. The minimum atomic E-state index is -4.30. The summed E-state index contributed by atoms with van der Waals surface area (Å²) in [5.41, 5.74) is -0.484. The van der Waals surface area contributed by atoms with Gasteiger partial charge in [-0.2, -0.15) is 0 Å². The van der Waals surface area contributed by atoms with E-state index in [1.807, 2.05) is 13.1 Å². The van der Waals surface area contributed by atoms with E-state index in [9.17, 15) is 8.22 Å². The van der Waals surface area contributed by atoms with Crippen LogP contribution in [0.1, 0.15) is 41.0 Å². The Morgan fingerprint density at radius 2 is 1.79 bits per heavy atom. The number of halogens is 2. The zero-order chi connectivity index (χ0) is 15.1. The lowest BCUT2D eigenvalue weighted by atomic mass is 10.2. The summed E-state index contributed by atoms with van der Waals surface area (Å²) in [6.07, 6.45) is 4.15. The predicted molar refractivity (Wildman–Crippen MR) is 84.3 cm³/mol. The Labute approximate surface area is 118 Å². The lowest BCUT2D eigenvalue weighted by Crippen LogP contribution is -2.46. The highest BCUT2D eigenvalue weighted by Crippen LogP contribution is 2.37. The van der Waals surface area contributed by atoms with E-state index in [0.29, 0.717) is 11.6 Å². The maximum atomic E-state index is 14.4. The van der Waals surface area contributed by atoms with Gasteiger partial charge in [-0.15, -0.1) is 0 Å². The molecule has 0 saturated carbocycles. The molecule has 1 aromatic rings. The van der Waals surface area contributed by atoms with Crippen molar-refractivity contribution in [1.29, 1.82) is 0 Å². The molecule has 0 amide bonds. The van der Waals surface area contributed by atoms with Crippen LogP contribution in [0, 0.1) is 0 Å². The molecule has 0 aliphatic rings. The average Bonchev–Trinajstić information content (AvgIpc) is 2.76. The van der Waals surface area contributed by atoms with Crippen LogP contribution in [0.25, 0.3) is 0 Å². The SMILES string of the molecule is CCC(C)[Si](F)(F)c1ccn([Si](C)(C)C(C)(C)C)c1. The van der Waals surface area contributed by atoms with Gasteiger partial charge < -0.3 is 4.23 Å². The highest BCUT2D eigenvalue weighted by molar-refractivity contribution is 6.82.